The third-order valence-corrected chi connectivity index (χ3v) is 3.36. The Morgan fingerprint density at radius 1 is 1.18 bits per heavy atom. The van der Waals surface area contributed by atoms with Gasteiger partial charge in [0.25, 0.3) is 0 Å². The van der Waals surface area contributed by atoms with Gasteiger partial charge in [0, 0.05) is 0 Å². The predicted molar refractivity (Wildman–Crippen MR) is 45.5 cm³/mol. The maximum Gasteiger partial charge on any atom is 0.0694 e. The Morgan fingerprint density at radius 3 is 2.00 bits per heavy atom. The molecular weight excluding hydrogens is 136 g/mol. The van der Waals surface area contributed by atoms with Crippen molar-refractivity contribution in [1.82, 2.24) is 0 Å². The summed E-state index contributed by atoms with van der Waals surface area (Å²) in [5.74, 6) is 1.71. The van der Waals surface area contributed by atoms with E-state index in [1.54, 1.807) is 0 Å². The quantitative estimate of drug-likeness (QED) is 0.607. The van der Waals surface area contributed by atoms with E-state index in [-0.39, 0.29) is 0 Å². The molecule has 3 fully saturated rings. The normalized spacial score (nSPS) is 43.1. The zero-order valence-electron chi connectivity index (χ0n) is 7.76. The molecule has 3 saturated carbocycles. The third kappa shape index (κ3) is 1.10. The van der Waals surface area contributed by atoms with Gasteiger partial charge in [-0.3, -0.25) is 0 Å². The largest absolute Gasteiger partial charge is 0.372 e. The van der Waals surface area contributed by atoms with Crippen molar-refractivity contribution in [3.05, 3.63) is 0 Å². The summed E-state index contributed by atoms with van der Waals surface area (Å²) in [5.41, 5.74) is 0.369. The Morgan fingerprint density at radius 2 is 1.73 bits per heavy atom. The molecule has 0 unspecified atom stereocenters. The molecule has 0 aromatic heterocycles. The maximum absolute atomic E-state index is 6.00. The molecule has 1 heteroatoms. The van der Waals surface area contributed by atoms with E-state index in [9.17, 15) is 0 Å². The van der Waals surface area contributed by atoms with E-state index >= 15 is 0 Å². The highest BCUT2D eigenvalue weighted by atomic mass is 16.5. The minimum Gasteiger partial charge on any atom is -0.372 e. The number of hydrogen-bond donors (Lipinski definition) is 0. The number of rotatable bonds is 3. The molecule has 0 amide bonds. The van der Waals surface area contributed by atoms with Crippen LogP contribution < -0.4 is 0 Å². The van der Waals surface area contributed by atoms with Gasteiger partial charge in [0.05, 0.1) is 11.7 Å². The number of ether oxygens (including phenoxy) is 1. The summed E-state index contributed by atoms with van der Waals surface area (Å²) in [4.78, 5) is 0. The molecule has 0 aromatic rings. The number of hydrogen-bond acceptors (Lipinski definition) is 1. The fraction of sp³-hybridized carbons (Fsp3) is 1.00. The molecule has 0 heterocycles. The molecule has 0 aliphatic heterocycles. The first kappa shape index (κ1) is 7.60. The minimum atomic E-state index is 0.369. The van der Waals surface area contributed by atoms with Gasteiger partial charge in [0.15, 0.2) is 0 Å². The minimum absolute atomic E-state index is 0.369. The van der Waals surface area contributed by atoms with Crippen LogP contribution in [0.4, 0.5) is 0 Å². The molecular formula is C10H18O. The average Bonchev–Trinajstić information content (AvgIpc) is 1.74. The molecule has 3 aliphatic rings. The first-order valence-corrected chi connectivity index (χ1v) is 4.79. The van der Waals surface area contributed by atoms with Crippen molar-refractivity contribution < 1.29 is 4.74 Å². The SMILES string of the molecule is CC(C)[C@@H](C)OC12CC(C1)C2. The van der Waals surface area contributed by atoms with Gasteiger partial charge in [-0.05, 0) is 38.0 Å². The molecule has 11 heavy (non-hydrogen) atoms. The van der Waals surface area contributed by atoms with Crippen LogP contribution in [0, 0.1) is 11.8 Å². The highest BCUT2D eigenvalue weighted by Gasteiger charge is 2.58. The van der Waals surface area contributed by atoms with E-state index in [0.717, 1.165) is 5.92 Å². The summed E-state index contributed by atoms with van der Waals surface area (Å²) < 4.78 is 6.00. The molecule has 1 atom stereocenters. The zero-order chi connectivity index (χ0) is 8.06. The van der Waals surface area contributed by atoms with Crippen LogP contribution in [0.3, 0.4) is 0 Å². The fourth-order valence-electron chi connectivity index (χ4n) is 2.07. The van der Waals surface area contributed by atoms with Crippen molar-refractivity contribution in [1.29, 1.82) is 0 Å². The highest BCUT2D eigenvalue weighted by Crippen LogP contribution is 2.60. The topological polar surface area (TPSA) is 9.23 Å². The van der Waals surface area contributed by atoms with Crippen LogP contribution in [-0.2, 0) is 4.74 Å². The Hall–Kier alpha value is -0.0400. The van der Waals surface area contributed by atoms with Crippen molar-refractivity contribution in [2.24, 2.45) is 11.8 Å². The molecule has 0 N–H and O–H groups in total. The molecule has 0 spiro atoms. The Bertz CT molecular complexity index is 145. The predicted octanol–water partition coefficient (Wildman–Crippen LogP) is 2.60. The van der Waals surface area contributed by atoms with Gasteiger partial charge < -0.3 is 4.74 Å². The van der Waals surface area contributed by atoms with E-state index in [1.165, 1.54) is 19.3 Å². The van der Waals surface area contributed by atoms with Crippen molar-refractivity contribution in [3.63, 3.8) is 0 Å². The molecule has 2 bridgehead atoms. The molecule has 0 radical (unpaired) electrons. The van der Waals surface area contributed by atoms with Crippen LogP contribution in [0.5, 0.6) is 0 Å². The van der Waals surface area contributed by atoms with Crippen LogP contribution in [0.15, 0.2) is 0 Å². The lowest BCUT2D eigenvalue weighted by molar-refractivity contribution is -0.252. The highest BCUT2D eigenvalue weighted by molar-refractivity contribution is 5.09. The lowest BCUT2D eigenvalue weighted by atomic mass is 9.52. The second-order valence-electron chi connectivity index (χ2n) is 4.73. The summed E-state index contributed by atoms with van der Waals surface area (Å²) in [6.07, 6.45) is 4.51. The second kappa shape index (κ2) is 2.22. The summed E-state index contributed by atoms with van der Waals surface area (Å²) in [5, 5.41) is 0. The van der Waals surface area contributed by atoms with Crippen molar-refractivity contribution in [3.8, 4) is 0 Å². The second-order valence-corrected chi connectivity index (χ2v) is 4.73. The molecule has 1 nitrogen and oxygen atoms in total. The van der Waals surface area contributed by atoms with Gasteiger partial charge >= 0.3 is 0 Å². The maximum atomic E-state index is 6.00. The van der Waals surface area contributed by atoms with Crippen LogP contribution in [-0.4, -0.2) is 11.7 Å². The summed E-state index contributed by atoms with van der Waals surface area (Å²) in [6, 6.07) is 0. The van der Waals surface area contributed by atoms with Gasteiger partial charge in [-0.2, -0.15) is 0 Å². The van der Waals surface area contributed by atoms with Gasteiger partial charge in [-0.15, -0.1) is 0 Å². The van der Waals surface area contributed by atoms with E-state index in [2.05, 4.69) is 20.8 Å². The van der Waals surface area contributed by atoms with Crippen molar-refractivity contribution in [2.75, 3.05) is 0 Å². The van der Waals surface area contributed by atoms with E-state index in [0.29, 0.717) is 17.6 Å². The molecule has 3 aliphatic carbocycles. The van der Waals surface area contributed by atoms with E-state index < -0.39 is 0 Å². The standard InChI is InChI=1S/C10H18O/c1-7(2)8(3)11-10-4-9(5-10)6-10/h7-9H,4-6H2,1-3H3/t8-,9?,10?/m1/s1. The van der Waals surface area contributed by atoms with Crippen molar-refractivity contribution >= 4 is 0 Å². The first-order chi connectivity index (χ1) is 5.11. The molecule has 64 valence electrons. The summed E-state index contributed by atoms with van der Waals surface area (Å²) in [6.45, 7) is 6.66. The van der Waals surface area contributed by atoms with Crippen LogP contribution in [0.25, 0.3) is 0 Å². The monoisotopic (exact) mass is 154 g/mol. The summed E-state index contributed by atoms with van der Waals surface area (Å²) >= 11 is 0. The van der Waals surface area contributed by atoms with Crippen LogP contribution >= 0.6 is 0 Å². The lowest BCUT2D eigenvalue weighted by Gasteiger charge is -2.62. The molecule has 0 saturated heterocycles. The van der Waals surface area contributed by atoms with Crippen LogP contribution in [0.1, 0.15) is 40.0 Å². The summed E-state index contributed by atoms with van der Waals surface area (Å²) in [7, 11) is 0. The smallest absolute Gasteiger partial charge is 0.0694 e. The Labute approximate surface area is 69.1 Å². The van der Waals surface area contributed by atoms with Gasteiger partial charge in [0.2, 0.25) is 0 Å². The Kier molecular flexibility index (Phi) is 1.54. The van der Waals surface area contributed by atoms with Crippen molar-refractivity contribution in [2.45, 2.75) is 51.7 Å². The molecule has 0 aromatic carbocycles. The van der Waals surface area contributed by atoms with Gasteiger partial charge in [0.1, 0.15) is 0 Å². The van der Waals surface area contributed by atoms with E-state index in [4.69, 9.17) is 4.74 Å². The molecule has 3 rings (SSSR count). The average molecular weight is 154 g/mol. The first-order valence-electron chi connectivity index (χ1n) is 4.79. The Balaban J connectivity index is 1.80. The van der Waals surface area contributed by atoms with Gasteiger partial charge in [-0.25, -0.2) is 0 Å². The van der Waals surface area contributed by atoms with E-state index in [1.807, 2.05) is 0 Å². The van der Waals surface area contributed by atoms with Crippen LogP contribution in [0.2, 0.25) is 0 Å². The van der Waals surface area contributed by atoms with Gasteiger partial charge in [-0.1, -0.05) is 13.8 Å². The lowest BCUT2D eigenvalue weighted by Crippen LogP contribution is -2.61. The third-order valence-electron chi connectivity index (χ3n) is 3.36. The zero-order valence-corrected chi connectivity index (χ0v) is 7.76. The fourth-order valence-corrected chi connectivity index (χ4v) is 2.07.